The Balaban J connectivity index is 1.66. The zero-order valence-corrected chi connectivity index (χ0v) is 18.2. The van der Waals surface area contributed by atoms with Gasteiger partial charge in [-0.1, -0.05) is 28.1 Å². The van der Waals surface area contributed by atoms with Crippen LogP contribution in [0, 0.1) is 0 Å². The molecule has 150 valence electrons. The molecule has 0 radical (unpaired) electrons. The highest BCUT2D eigenvalue weighted by Crippen LogP contribution is 2.21. The Morgan fingerprint density at radius 2 is 1.55 bits per heavy atom. The molecule has 0 unspecified atom stereocenters. The van der Waals surface area contributed by atoms with E-state index in [0.29, 0.717) is 11.4 Å². The molecule has 3 rings (SSSR count). The number of carbonyl (C=O) groups is 1. The first kappa shape index (κ1) is 21.0. The summed E-state index contributed by atoms with van der Waals surface area (Å²) in [5.41, 5.74) is 3.29. The Bertz CT molecular complexity index is 1070. The van der Waals surface area contributed by atoms with Gasteiger partial charge in [-0.05, 0) is 66.1 Å². The highest BCUT2D eigenvalue weighted by Gasteiger charge is 2.20. The average molecular weight is 474 g/mol. The minimum absolute atomic E-state index is 0.306. The van der Waals surface area contributed by atoms with Crippen molar-refractivity contribution in [2.45, 2.75) is 6.42 Å². The number of benzene rings is 2. The molecule has 8 heteroatoms. The second-order valence-electron chi connectivity index (χ2n) is 6.52. The maximum absolute atomic E-state index is 12.5. The third-order valence-electron chi connectivity index (χ3n) is 4.20. The summed E-state index contributed by atoms with van der Waals surface area (Å²) in [4.78, 5) is 16.5. The van der Waals surface area contributed by atoms with Crippen molar-refractivity contribution in [2.75, 3.05) is 22.4 Å². The van der Waals surface area contributed by atoms with Crippen LogP contribution in [-0.4, -0.2) is 32.1 Å². The molecule has 0 aliphatic carbocycles. The molecule has 1 aromatic heterocycles. The van der Waals surface area contributed by atoms with Crippen molar-refractivity contribution in [2.24, 2.45) is 0 Å². The second kappa shape index (κ2) is 9.19. The van der Waals surface area contributed by atoms with Gasteiger partial charge >= 0.3 is 0 Å². The summed E-state index contributed by atoms with van der Waals surface area (Å²) in [7, 11) is -3.61. The lowest BCUT2D eigenvalue weighted by atomic mass is 10.1. The maximum Gasteiger partial charge on any atom is 0.245 e. The van der Waals surface area contributed by atoms with Crippen LogP contribution < -0.4 is 9.62 Å². The van der Waals surface area contributed by atoms with Crippen molar-refractivity contribution in [3.63, 3.8) is 0 Å². The van der Waals surface area contributed by atoms with Crippen LogP contribution in [0.4, 0.5) is 11.4 Å². The number of nitrogens with one attached hydrogen (secondary N) is 1. The van der Waals surface area contributed by atoms with Crippen LogP contribution in [-0.2, 0) is 21.2 Å². The first-order chi connectivity index (χ1) is 13.8. The molecule has 3 aromatic rings. The number of sulfonamides is 1. The molecule has 0 spiro atoms. The largest absolute Gasteiger partial charge is 0.325 e. The Morgan fingerprint density at radius 1 is 0.966 bits per heavy atom. The van der Waals surface area contributed by atoms with Crippen molar-refractivity contribution in [3.8, 4) is 0 Å². The van der Waals surface area contributed by atoms with Crippen molar-refractivity contribution in [3.05, 3.63) is 88.7 Å². The first-order valence-electron chi connectivity index (χ1n) is 8.82. The number of amides is 1. The number of anilines is 2. The number of aromatic nitrogens is 1. The van der Waals surface area contributed by atoms with Gasteiger partial charge in [0, 0.05) is 22.6 Å². The van der Waals surface area contributed by atoms with Crippen LogP contribution in [0.2, 0.25) is 0 Å². The lowest BCUT2D eigenvalue weighted by Crippen LogP contribution is -2.37. The minimum atomic E-state index is -3.61. The molecule has 1 heterocycles. The first-order valence-corrected chi connectivity index (χ1v) is 11.5. The summed E-state index contributed by atoms with van der Waals surface area (Å²) in [6, 6.07) is 18.1. The van der Waals surface area contributed by atoms with E-state index in [-0.39, 0.29) is 6.54 Å². The summed E-state index contributed by atoms with van der Waals surface area (Å²) in [6.07, 6.45) is 5.35. The van der Waals surface area contributed by atoms with E-state index in [9.17, 15) is 13.2 Å². The fraction of sp³-hybridized carbons (Fsp3) is 0.143. The number of hydrogen-bond donors (Lipinski definition) is 1. The molecule has 29 heavy (non-hydrogen) atoms. The van der Waals surface area contributed by atoms with Crippen molar-refractivity contribution in [1.29, 1.82) is 0 Å². The average Bonchev–Trinajstić information content (AvgIpc) is 2.68. The molecule has 0 atom stereocenters. The number of carbonyl (C=O) groups excluding carboxylic acids is 1. The Morgan fingerprint density at radius 3 is 2.14 bits per heavy atom. The monoisotopic (exact) mass is 473 g/mol. The molecule has 1 N–H and O–H groups in total. The third-order valence-corrected chi connectivity index (χ3v) is 5.87. The van der Waals surface area contributed by atoms with Gasteiger partial charge in [0.2, 0.25) is 15.9 Å². The molecule has 2 aromatic carbocycles. The van der Waals surface area contributed by atoms with Crippen LogP contribution in [0.3, 0.4) is 0 Å². The quantitative estimate of drug-likeness (QED) is 0.565. The van der Waals surface area contributed by atoms with Gasteiger partial charge < -0.3 is 5.32 Å². The van der Waals surface area contributed by atoms with E-state index in [1.165, 1.54) is 0 Å². The summed E-state index contributed by atoms with van der Waals surface area (Å²) >= 11 is 3.32. The van der Waals surface area contributed by atoms with Gasteiger partial charge in [0.1, 0.15) is 6.54 Å². The van der Waals surface area contributed by atoms with E-state index in [1.807, 2.05) is 24.3 Å². The van der Waals surface area contributed by atoms with Crippen LogP contribution >= 0.6 is 15.9 Å². The summed E-state index contributed by atoms with van der Waals surface area (Å²) < 4.78 is 26.2. The van der Waals surface area contributed by atoms with Gasteiger partial charge in [-0.15, -0.1) is 0 Å². The van der Waals surface area contributed by atoms with Gasteiger partial charge in [-0.25, -0.2) is 8.42 Å². The van der Waals surface area contributed by atoms with E-state index in [1.54, 1.807) is 48.8 Å². The molecule has 0 saturated heterocycles. The normalized spacial score (nSPS) is 11.1. The Kier molecular flexibility index (Phi) is 6.66. The minimum Gasteiger partial charge on any atom is -0.325 e. The Hall–Kier alpha value is -2.71. The maximum atomic E-state index is 12.5. The van der Waals surface area contributed by atoms with E-state index < -0.39 is 15.9 Å². The summed E-state index contributed by atoms with van der Waals surface area (Å²) in [6.45, 7) is -0.306. The fourth-order valence-electron chi connectivity index (χ4n) is 2.78. The van der Waals surface area contributed by atoms with Gasteiger partial charge in [0.05, 0.1) is 11.9 Å². The van der Waals surface area contributed by atoms with Gasteiger partial charge in [0.15, 0.2) is 0 Å². The second-order valence-corrected chi connectivity index (χ2v) is 9.35. The molecular formula is C21H20BrN3O3S. The van der Waals surface area contributed by atoms with Crippen LogP contribution in [0.15, 0.2) is 77.5 Å². The number of pyridine rings is 1. The molecule has 6 nitrogen and oxygen atoms in total. The van der Waals surface area contributed by atoms with Crippen LogP contribution in [0.5, 0.6) is 0 Å². The predicted octanol–water partition coefficient (Wildman–Crippen LogP) is 3.84. The molecule has 0 bridgehead atoms. The van der Waals surface area contributed by atoms with Gasteiger partial charge in [0.25, 0.3) is 0 Å². The molecular weight excluding hydrogens is 454 g/mol. The van der Waals surface area contributed by atoms with E-state index in [2.05, 4.69) is 26.2 Å². The summed E-state index contributed by atoms with van der Waals surface area (Å²) in [5.74, 6) is -0.416. The molecule has 0 fully saturated rings. The van der Waals surface area contributed by atoms with Crippen LogP contribution in [0.25, 0.3) is 0 Å². The SMILES string of the molecule is CS(=O)(=O)N(CC(=O)Nc1ccc(Cc2ccncc2)cc1)c1ccc(Br)cc1. The smallest absolute Gasteiger partial charge is 0.245 e. The van der Waals surface area contributed by atoms with E-state index in [4.69, 9.17) is 0 Å². The third kappa shape index (κ3) is 6.13. The highest BCUT2D eigenvalue weighted by atomic mass is 79.9. The predicted molar refractivity (Wildman–Crippen MR) is 118 cm³/mol. The lowest BCUT2D eigenvalue weighted by molar-refractivity contribution is -0.114. The van der Waals surface area contributed by atoms with Gasteiger partial charge in [-0.2, -0.15) is 0 Å². The lowest BCUT2D eigenvalue weighted by Gasteiger charge is -2.22. The number of nitrogens with zero attached hydrogens (tertiary/aromatic N) is 2. The van der Waals surface area contributed by atoms with Crippen LogP contribution in [0.1, 0.15) is 11.1 Å². The standard InChI is InChI=1S/C21H20BrN3O3S/c1-29(27,28)25(20-8-4-18(22)5-9-20)15-21(26)24-19-6-2-16(3-7-19)14-17-10-12-23-13-11-17/h2-13H,14-15H2,1H3,(H,24,26). The number of halogens is 1. The van der Waals surface area contributed by atoms with Crippen molar-refractivity contribution in [1.82, 2.24) is 4.98 Å². The Labute approximate surface area is 178 Å². The van der Waals surface area contributed by atoms with Crippen molar-refractivity contribution >= 4 is 43.2 Å². The molecule has 0 aliphatic rings. The molecule has 0 aliphatic heterocycles. The zero-order chi connectivity index (χ0) is 20.9. The van der Waals surface area contributed by atoms with Gasteiger partial charge in [-0.3, -0.25) is 14.1 Å². The highest BCUT2D eigenvalue weighted by molar-refractivity contribution is 9.10. The number of hydrogen-bond acceptors (Lipinski definition) is 4. The fourth-order valence-corrected chi connectivity index (χ4v) is 3.90. The van der Waals surface area contributed by atoms with Crippen molar-refractivity contribution < 1.29 is 13.2 Å². The summed E-state index contributed by atoms with van der Waals surface area (Å²) in [5, 5.41) is 2.75. The molecule has 0 saturated carbocycles. The van der Waals surface area contributed by atoms with E-state index in [0.717, 1.165) is 32.6 Å². The molecule has 1 amide bonds. The number of rotatable bonds is 7. The zero-order valence-electron chi connectivity index (χ0n) is 15.7. The van der Waals surface area contributed by atoms with E-state index >= 15 is 0 Å². The topological polar surface area (TPSA) is 79.4 Å².